The van der Waals surface area contributed by atoms with Gasteiger partial charge in [0.1, 0.15) is 0 Å². The molecule has 0 bridgehead atoms. The van der Waals surface area contributed by atoms with Crippen LogP contribution < -0.4 is 52.2 Å². The van der Waals surface area contributed by atoms with Gasteiger partial charge in [-0.05, 0) is 89.1 Å². The van der Waals surface area contributed by atoms with Gasteiger partial charge in [0.05, 0.1) is 0 Å². The zero-order chi connectivity index (χ0) is 42.6. The molecule has 14 rings (SSSR count). The van der Waals surface area contributed by atoms with Gasteiger partial charge in [0, 0.05) is 45.0 Å². The second kappa shape index (κ2) is 14.1. The number of rotatable bonds is 4. The molecule has 0 saturated carbocycles. The molecule has 4 aliphatic heterocycles. The number of para-hydroxylation sites is 2. The van der Waals surface area contributed by atoms with Gasteiger partial charge in [0.2, 0.25) is 0 Å². The van der Waals surface area contributed by atoms with Crippen LogP contribution in [0.1, 0.15) is 0 Å². The first-order valence-corrected chi connectivity index (χ1v) is 24.8. The van der Waals surface area contributed by atoms with Crippen molar-refractivity contribution in [2.45, 2.75) is 0 Å². The Morgan fingerprint density at radius 1 is 0.246 bits per heavy atom. The van der Waals surface area contributed by atoms with E-state index in [0.29, 0.717) is 0 Å². The molecule has 0 radical (unpaired) electrons. The second-order valence-corrected chi connectivity index (χ2v) is 21.5. The summed E-state index contributed by atoms with van der Waals surface area (Å²) in [6.07, 6.45) is 0. The molecule has 4 aliphatic rings. The number of nitrogens with zero attached hydrogens (tertiary/aromatic N) is 2. The first-order chi connectivity index (χ1) is 32.3. The zero-order valence-electron chi connectivity index (χ0n) is 35.6. The van der Waals surface area contributed by atoms with Crippen LogP contribution in [0.5, 0.6) is 0 Å². The molecular weight excluding hydrogens is 798 g/mol. The summed E-state index contributed by atoms with van der Waals surface area (Å²) in [6.45, 7) is 0.0554. The molecule has 300 valence electrons. The number of benzene rings is 10. The lowest BCUT2D eigenvalue weighted by Gasteiger charge is -2.47. The van der Waals surface area contributed by atoms with E-state index in [9.17, 15) is 0 Å². The van der Waals surface area contributed by atoms with E-state index in [1.807, 2.05) is 0 Å². The van der Waals surface area contributed by atoms with Gasteiger partial charge in [-0.3, -0.25) is 0 Å². The lowest BCUT2D eigenvalue weighted by atomic mass is 9.43. The van der Waals surface area contributed by atoms with Gasteiger partial charge in [-0.25, -0.2) is 0 Å². The minimum atomic E-state index is -3.29. The van der Waals surface area contributed by atoms with Crippen molar-refractivity contribution in [2.75, 3.05) is 9.62 Å². The third-order valence-electron chi connectivity index (χ3n) is 14.8. The van der Waals surface area contributed by atoms with Crippen molar-refractivity contribution in [3.05, 3.63) is 243 Å². The van der Waals surface area contributed by atoms with Crippen LogP contribution in [0.4, 0.5) is 22.7 Å². The van der Waals surface area contributed by atoms with Crippen molar-refractivity contribution in [3.63, 3.8) is 0 Å². The van der Waals surface area contributed by atoms with Crippen molar-refractivity contribution >= 4 is 87.1 Å². The lowest BCUT2D eigenvalue weighted by Crippen LogP contribution is -2.76. The minimum absolute atomic E-state index is 0.0277. The van der Waals surface area contributed by atoms with E-state index in [1.165, 1.54) is 110 Å². The van der Waals surface area contributed by atoms with Crippen LogP contribution in [-0.2, 0) is 0 Å². The van der Waals surface area contributed by atoms with E-state index in [0.717, 1.165) is 0 Å². The van der Waals surface area contributed by atoms with Crippen molar-refractivity contribution < 1.29 is 0 Å². The SMILES string of the molecule is c1ccc([Si](c2ccccc2)(c2cccc3c2-c2ccccc2B2c4ccccc4-c4ccccc4N23)c2cccc3c2-c2ccccc2B2c4ccccc4-c4ccccc4N23)cc1. The largest absolute Gasteiger partial charge is 0.376 e. The fourth-order valence-electron chi connectivity index (χ4n) is 12.4. The second-order valence-electron chi connectivity index (χ2n) is 17.8. The Morgan fingerprint density at radius 2 is 0.554 bits per heavy atom. The molecule has 0 fully saturated rings. The van der Waals surface area contributed by atoms with Crippen molar-refractivity contribution in [1.82, 2.24) is 0 Å². The maximum atomic E-state index is 2.66. The summed E-state index contributed by atoms with van der Waals surface area (Å²) in [4.78, 5) is 5.33. The molecule has 5 heteroatoms. The number of fused-ring (bicyclic) bond motifs is 22. The van der Waals surface area contributed by atoms with Crippen LogP contribution in [0, 0.1) is 0 Å². The van der Waals surface area contributed by atoms with Crippen molar-refractivity contribution in [1.29, 1.82) is 0 Å². The summed E-state index contributed by atoms with van der Waals surface area (Å²) in [7, 11) is -3.29. The Hall–Kier alpha value is -7.85. The summed E-state index contributed by atoms with van der Waals surface area (Å²) in [5, 5.41) is 5.51. The topological polar surface area (TPSA) is 6.48 Å². The fraction of sp³-hybridized carbons (Fsp3) is 0. The van der Waals surface area contributed by atoms with Gasteiger partial charge in [0.15, 0.2) is 8.07 Å². The molecule has 0 aromatic heterocycles. The van der Waals surface area contributed by atoms with Gasteiger partial charge in [-0.2, -0.15) is 0 Å². The van der Waals surface area contributed by atoms with Gasteiger partial charge in [0.25, 0.3) is 0 Å². The fourth-order valence-corrected chi connectivity index (χ4v) is 17.6. The quantitative estimate of drug-likeness (QED) is 0.129. The summed E-state index contributed by atoms with van der Waals surface area (Å²) < 4.78 is 0. The smallest absolute Gasteiger partial charge is 0.329 e. The Kier molecular flexibility index (Phi) is 7.93. The molecule has 0 spiro atoms. The summed E-state index contributed by atoms with van der Waals surface area (Å²) in [5.74, 6) is 0. The van der Waals surface area contributed by atoms with Crippen molar-refractivity contribution in [2.24, 2.45) is 0 Å². The third kappa shape index (κ3) is 4.96. The first-order valence-electron chi connectivity index (χ1n) is 22.8. The van der Waals surface area contributed by atoms with Gasteiger partial charge in [-0.1, -0.05) is 218 Å². The third-order valence-corrected chi connectivity index (χ3v) is 19.7. The van der Waals surface area contributed by atoms with Crippen LogP contribution in [0.15, 0.2) is 243 Å². The van der Waals surface area contributed by atoms with E-state index in [1.54, 1.807) is 0 Å². The summed E-state index contributed by atoms with van der Waals surface area (Å²) >= 11 is 0. The molecule has 10 aromatic rings. The first kappa shape index (κ1) is 36.6. The van der Waals surface area contributed by atoms with Crippen LogP contribution in [-0.4, -0.2) is 21.8 Å². The molecule has 0 atom stereocenters. The van der Waals surface area contributed by atoms with E-state index >= 15 is 0 Å². The number of anilines is 4. The van der Waals surface area contributed by atoms with Crippen molar-refractivity contribution in [3.8, 4) is 44.5 Å². The van der Waals surface area contributed by atoms with E-state index in [-0.39, 0.29) is 13.7 Å². The number of hydrogen-bond donors (Lipinski definition) is 0. The maximum Gasteiger partial charge on any atom is 0.329 e. The lowest BCUT2D eigenvalue weighted by molar-refractivity contribution is 1.35. The monoisotopic (exact) mass is 838 g/mol. The van der Waals surface area contributed by atoms with Gasteiger partial charge < -0.3 is 9.62 Å². The summed E-state index contributed by atoms with van der Waals surface area (Å²) in [5.41, 5.74) is 20.8. The molecule has 4 heterocycles. The van der Waals surface area contributed by atoms with Gasteiger partial charge in [-0.15, -0.1) is 0 Å². The zero-order valence-corrected chi connectivity index (χ0v) is 36.6. The average molecular weight is 839 g/mol. The maximum absolute atomic E-state index is 3.29. The highest BCUT2D eigenvalue weighted by Gasteiger charge is 2.51. The summed E-state index contributed by atoms with van der Waals surface area (Å²) in [6, 6.07) is 92.3. The van der Waals surface area contributed by atoms with Crippen LogP contribution in [0.3, 0.4) is 0 Å². The molecule has 0 aliphatic carbocycles. The molecule has 0 saturated heterocycles. The number of hydrogen-bond acceptors (Lipinski definition) is 2. The Bertz CT molecular complexity index is 3320. The molecule has 10 aromatic carbocycles. The normalized spacial score (nSPS) is 13.4. The molecule has 0 amide bonds. The van der Waals surface area contributed by atoms with Crippen LogP contribution in [0.2, 0.25) is 0 Å². The average Bonchev–Trinajstić information content (AvgIpc) is 3.39. The standard InChI is InChI=1S/C60H40B2N2Si/c1-3-21-41(22-4-1)65(42-23-5-2-6-24-42,57-39-19-37-55-59(57)47-29-9-15-33-51(47)61-49-31-13-7-25-43(49)45-27-11-17-35-53(45)63(55)61)58-40-20-38-56-60(58)48-30-10-16-34-52(48)62-50-32-14-8-26-44(50)46-28-12-18-36-54(46)64(56)62/h1-40H. The molecular formula is C60H40B2N2Si. The Morgan fingerprint density at radius 3 is 0.969 bits per heavy atom. The van der Waals surface area contributed by atoms with E-state index in [2.05, 4.69) is 252 Å². The molecule has 65 heavy (non-hydrogen) atoms. The Balaban J connectivity index is 1.13. The van der Waals surface area contributed by atoms with Crippen LogP contribution >= 0.6 is 0 Å². The Labute approximate surface area is 382 Å². The van der Waals surface area contributed by atoms with E-state index < -0.39 is 8.07 Å². The minimum Gasteiger partial charge on any atom is -0.376 e. The highest BCUT2D eigenvalue weighted by Crippen LogP contribution is 2.48. The highest BCUT2D eigenvalue weighted by atomic mass is 28.3. The van der Waals surface area contributed by atoms with Crippen LogP contribution in [0.25, 0.3) is 44.5 Å². The van der Waals surface area contributed by atoms with E-state index in [4.69, 9.17) is 0 Å². The predicted molar refractivity (Wildman–Crippen MR) is 279 cm³/mol. The van der Waals surface area contributed by atoms with Gasteiger partial charge >= 0.3 is 13.7 Å². The predicted octanol–water partition coefficient (Wildman–Crippen LogP) is 8.87. The molecule has 2 nitrogen and oxygen atoms in total. The molecule has 0 N–H and O–H groups in total. The molecule has 0 unspecified atom stereocenters. The highest BCUT2D eigenvalue weighted by molar-refractivity contribution is 7.21.